The van der Waals surface area contributed by atoms with E-state index < -0.39 is 10.0 Å². The first-order valence-corrected chi connectivity index (χ1v) is 11.8. The number of rotatable bonds is 8. The quantitative estimate of drug-likeness (QED) is 0.722. The third-order valence-electron chi connectivity index (χ3n) is 5.56. The number of sulfonamides is 1. The minimum Gasteiger partial charge on any atom is -0.297 e. The van der Waals surface area contributed by atoms with Crippen LogP contribution >= 0.6 is 0 Å². The lowest BCUT2D eigenvalue weighted by Gasteiger charge is -2.30. The summed E-state index contributed by atoms with van der Waals surface area (Å²) in [5.74, 6) is 0.325. The van der Waals surface area contributed by atoms with Gasteiger partial charge >= 0.3 is 0 Å². The van der Waals surface area contributed by atoms with E-state index in [9.17, 15) is 8.42 Å². The highest BCUT2D eigenvalue weighted by atomic mass is 32.2. The van der Waals surface area contributed by atoms with E-state index in [-0.39, 0.29) is 5.25 Å². The Morgan fingerprint density at radius 3 is 2.46 bits per heavy atom. The minimum atomic E-state index is -3.45. The summed E-state index contributed by atoms with van der Waals surface area (Å²) >= 11 is 0. The first-order valence-electron chi connectivity index (χ1n) is 10.2. The number of anilines is 1. The average molecular weight is 409 g/mol. The van der Waals surface area contributed by atoms with Crippen LogP contribution in [0.5, 0.6) is 0 Å². The third kappa shape index (κ3) is 4.63. The van der Waals surface area contributed by atoms with E-state index in [0.717, 1.165) is 25.8 Å². The molecule has 0 radical (unpaired) electrons. The van der Waals surface area contributed by atoms with Gasteiger partial charge in [0.1, 0.15) is 6.33 Å². The third-order valence-corrected chi connectivity index (χ3v) is 7.39. The Hall–Kier alpha value is -1.74. The molecule has 0 amide bonds. The van der Waals surface area contributed by atoms with Gasteiger partial charge in [-0.3, -0.25) is 9.62 Å². The van der Waals surface area contributed by atoms with Gasteiger partial charge in [-0.2, -0.15) is 5.10 Å². The van der Waals surface area contributed by atoms with Crippen molar-refractivity contribution in [1.82, 2.24) is 24.6 Å². The molecule has 0 bridgehead atoms. The Morgan fingerprint density at radius 2 is 1.82 bits per heavy atom. The summed E-state index contributed by atoms with van der Waals surface area (Å²) in [7, 11) is -3.45. The minimum absolute atomic E-state index is 0.325. The maximum atomic E-state index is 12.8. The summed E-state index contributed by atoms with van der Waals surface area (Å²) in [6.45, 7) is 10.3. The lowest BCUT2D eigenvalue weighted by atomic mass is 10.0. The van der Waals surface area contributed by atoms with Crippen molar-refractivity contribution < 1.29 is 8.42 Å². The molecule has 0 saturated heterocycles. The Kier molecular flexibility index (Phi) is 6.54. The highest BCUT2D eigenvalue weighted by Crippen LogP contribution is 2.27. The molecule has 0 aromatic carbocycles. The fraction of sp³-hybridized carbons (Fsp3) is 0.737. The van der Waals surface area contributed by atoms with Crippen LogP contribution in [0.2, 0.25) is 0 Å². The molecule has 1 aliphatic carbocycles. The van der Waals surface area contributed by atoms with E-state index in [1.807, 2.05) is 4.68 Å². The standard InChI is InChI=1S/C19H32N6O2S/c1-14(2)24(15(3)4)10-11-25-19-17(12-22-25)18(20-13-21-19)23-28(26,27)16-8-6-5-7-9-16/h12-16H,5-11H2,1-4H3,(H,20,21,23). The predicted molar refractivity (Wildman–Crippen MR) is 112 cm³/mol. The van der Waals surface area contributed by atoms with Gasteiger partial charge in [-0.05, 0) is 40.5 Å². The molecule has 0 atom stereocenters. The Morgan fingerprint density at radius 1 is 1.14 bits per heavy atom. The average Bonchev–Trinajstić information content (AvgIpc) is 3.06. The van der Waals surface area contributed by atoms with Crippen LogP contribution in [0.25, 0.3) is 11.0 Å². The van der Waals surface area contributed by atoms with Crippen LogP contribution in [0.1, 0.15) is 59.8 Å². The molecule has 1 N–H and O–H groups in total. The van der Waals surface area contributed by atoms with E-state index in [1.165, 1.54) is 6.33 Å². The van der Waals surface area contributed by atoms with Gasteiger partial charge in [0.15, 0.2) is 11.5 Å². The van der Waals surface area contributed by atoms with Crippen LogP contribution in [-0.2, 0) is 16.6 Å². The molecule has 0 unspecified atom stereocenters. The van der Waals surface area contributed by atoms with Crippen molar-refractivity contribution in [3.05, 3.63) is 12.5 Å². The molecule has 8 nitrogen and oxygen atoms in total. The van der Waals surface area contributed by atoms with Crippen LogP contribution in [0.3, 0.4) is 0 Å². The molecule has 3 rings (SSSR count). The highest BCUT2D eigenvalue weighted by Gasteiger charge is 2.28. The second kappa shape index (κ2) is 8.73. The first-order chi connectivity index (χ1) is 13.3. The summed E-state index contributed by atoms with van der Waals surface area (Å²) in [6, 6.07) is 0.878. The van der Waals surface area contributed by atoms with Crippen molar-refractivity contribution in [3.63, 3.8) is 0 Å². The molecule has 1 fully saturated rings. The second-order valence-corrected chi connectivity index (χ2v) is 10.1. The van der Waals surface area contributed by atoms with Gasteiger partial charge in [0.25, 0.3) is 0 Å². The molecular formula is C19H32N6O2S. The number of nitrogens with zero attached hydrogens (tertiary/aromatic N) is 5. The van der Waals surface area contributed by atoms with Crippen molar-refractivity contribution >= 4 is 26.9 Å². The van der Waals surface area contributed by atoms with Gasteiger partial charge in [-0.1, -0.05) is 19.3 Å². The van der Waals surface area contributed by atoms with Crippen molar-refractivity contribution in [2.45, 2.75) is 83.7 Å². The van der Waals surface area contributed by atoms with Crippen LogP contribution < -0.4 is 4.72 Å². The fourth-order valence-electron chi connectivity index (χ4n) is 4.05. The number of hydrogen-bond acceptors (Lipinski definition) is 6. The Bertz CT molecular complexity index is 879. The first kappa shape index (κ1) is 21.0. The van der Waals surface area contributed by atoms with E-state index in [0.29, 0.717) is 48.3 Å². The topological polar surface area (TPSA) is 93.0 Å². The van der Waals surface area contributed by atoms with Crippen molar-refractivity contribution in [1.29, 1.82) is 0 Å². The van der Waals surface area contributed by atoms with E-state index in [2.05, 4.69) is 52.4 Å². The zero-order valence-corrected chi connectivity index (χ0v) is 18.1. The van der Waals surface area contributed by atoms with Gasteiger partial charge < -0.3 is 0 Å². The summed E-state index contributed by atoms with van der Waals surface area (Å²) in [5.41, 5.74) is 0.656. The van der Waals surface area contributed by atoms with E-state index >= 15 is 0 Å². The molecule has 9 heteroatoms. The fourth-order valence-corrected chi connectivity index (χ4v) is 5.61. The van der Waals surface area contributed by atoms with Crippen LogP contribution in [-0.4, -0.2) is 56.9 Å². The Labute approximate surface area is 167 Å². The van der Waals surface area contributed by atoms with Gasteiger partial charge in [0.2, 0.25) is 10.0 Å². The lowest BCUT2D eigenvalue weighted by Crippen LogP contribution is -2.39. The van der Waals surface area contributed by atoms with Gasteiger partial charge in [-0.15, -0.1) is 0 Å². The summed E-state index contributed by atoms with van der Waals surface area (Å²) in [6.07, 6.45) is 7.52. The van der Waals surface area contributed by atoms with Gasteiger partial charge in [0.05, 0.1) is 23.4 Å². The smallest absolute Gasteiger partial charge is 0.236 e. The molecule has 1 saturated carbocycles. The van der Waals surface area contributed by atoms with Gasteiger partial charge in [0, 0.05) is 18.6 Å². The number of nitrogens with one attached hydrogen (secondary N) is 1. The zero-order chi connectivity index (χ0) is 20.3. The SMILES string of the molecule is CC(C)N(CCn1ncc2c(NS(=O)(=O)C3CCCCC3)ncnc21)C(C)C. The predicted octanol–water partition coefficient (Wildman–Crippen LogP) is 3.02. The van der Waals surface area contributed by atoms with Crippen molar-refractivity contribution in [2.24, 2.45) is 0 Å². The van der Waals surface area contributed by atoms with Crippen molar-refractivity contribution in [2.75, 3.05) is 11.3 Å². The molecule has 0 aliphatic heterocycles. The van der Waals surface area contributed by atoms with Gasteiger partial charge in [-0.25, -0.2) is 23.1 Å². The van der Waals surface area contributed by atoms with E-state index in [4.69, 9.17) is 0 Å². The monoisotopic (exact) mass is 408 g/mol. The molecule has 156 valence electrons. The maximum Gasteiger partial charge on any atom is 0.236 e. The maximum absolute atomic E-state index is 12.8. The van der Waals surface area contributed by atoms with E-state index in [1.54, 1.807) is 6.20 Å². The lowest BCUT2D eigenvalue weighted by molar-refractivity contribution is 0.167. The summed E-state index contributed by atoms with van der Waals surface area (Å²) < 4.78 is 30.1. The molecule has 1 aliphatic rings. The van der Waals surface area contributed by atoms with Crippen LogP contribution in [0, 0.1) is 0 Å². The molecule has 2 aromatic rings. The molecule has 2 aromatic heterocycles. The van der Waals surface area contributed by atoms with Crippen molar-refractivity contribution in [3.8, 4) is 0 Å². The van der Waals surface area contributed by atoms with Crippen LogP contribution in [0.4, 0.5) is 5.82 Å². The zero-order valence-electron chi connectivity index (χ0n) is 17.3. The molecule has 28 heavy (non-hydrogen) atoms. The normalized spacial score (nSPS) is 16.5. The van der Waals surface area contributed by atoms with Crippen LogP contribution in [0.15, 0.2) is 12.5 Å². The molecule has 0 spiro atoms. The molecular weight excluding hydrogens is 376 g/mol. The second-order valence-electron chi connectivity index (χ2n) is 8.16. The number of hydrogen-bond donors (Lipinski definition) is 1. The Balaban J connectivity index is 1.79. The largest absolute Gasteiger partial charge is 0.297 e. The highest BCUT2D eigenvalue weighted by molar-refractivity contribution is 7.93. The summed E-state index contributed by atoms with van der Waals surface area (Å²) in [5, 5.41) is 4.74. The number of aromatic nitrogens is 4. The molecule has 2 heterocycles. The summed E-state index contributed by atoms with van der Waals surface area (Å²) in [4.78, 5) is 10.9. The number of fused-ring (bicyclic) bond motifs is 1.